The van der Waals surface area contributed by atoms with E-state index in [9.17, 15) is 9.59 Å². The fourth-order valence-electron chi connectivity index (χ4n) is 2.92. The molecular weight excluding hydrogens is 376 g/mol. The quantitative estimate of drug-likeness (QED) is 0.564. The minimum atomic E-state index is -1.06. The Morgan fingerprint density at radius 3 is 2.57 bits per heavy atom. The van der Waals surface area contributed by atoms with Crippen LogP contribution in [0.5, 0.6) is 0 Å². The number of rotatable bonds is 7. The molecule has 0 bridgehead atoms. The van der Waals surface area contributed by atoms with Gasteiger partial charge in [-0.25, -0.2) is 9.97 Å². The molecule has 3 N–H and O–H groups in total. The molecule has 0 spiro atoms. The number of nitrogens with one attached hydrogen (secondary N) is 2. The van der Waals surface area contributed by atoms with E-state index in [0.717, 1.165) is 26.2 Å². The molecule has 7 nitrogen and oxygen atoms in total. The van der Waals surface area contributed by atoms with E-state index in [4.69, 9.17) is 5.11 Å². The highest BCUT2D eigenvalue weighted by Gasteiger charge is 2.17. The average Bonchev–Trinajstić information content (AvgIpc) is 2.99. The summed E-state index contributed by atoms with van der Waals surface area (Å²) in [6.07, 6.45) is 1.65. The number of hydrogen-bond donors (Lipinski definition) is 3. The van der Waals surface area contributed by atoms with Crippen molar-refractivity contribution in [2.45, 2.75) is 33.2 Å². The highest BCUT2D eigenvalue weighted by atomic mass is 32.1. The largest absolute Gasteiger partial charge is 0.480 e. The molecule has 28 heavy (non-hydrogen) atoms. The third-order valence-corrected chi connectivity index (χ3v) is 5.41. The van der Waals surface area contributed by atoms with Crippen LogP contribution >= 0.6 is 11.3 Å². The predicted molar refractivity (Wildman–Crippen MR) is 111 cm³/mol. The number of hydrogen-bond acceptors (Lipinski definition) is 6. The third kappa shape index (κ3) is 4.28. The summed E-state index contributed by atoms with van der Waals surface area (Å²) in [6, 6.07) is 7.40. The smallest absolute Gasteiger partial charge is 0.325 e. The van der Waals surface area contributed by atoms with Crippen molar-refractivity contribution >= 4 is 39.2 Å². The van der Waals surface area contributed by atoms with Crippen LogP contribution in [0.2, 0.25) is 0 Å². The Hall–Kier alpha value is -3.00. The van der Waals surface area contributed by atoms with Crippen LogP contribution in [0.15, 0.2) is 30.6 Å². The number of thiophene rings is 1. The molecule has 3 aromatic rings. The SMILES string of the molecule is Cc1ccc(-c2c(C)sc3ncnc(NCCC(=O)NC(C)C(=O)O)c23)cc1. The maximum atomic E-state index is 11.9. The summed E-state index contributed by atoms with van der Waals surface area (Å²) in [6.45, 7) is 5.89. The summed E-state index contributed by atoms with van der Waals surface area (Å²) in [4.78, 5) is 33.5. The van der Waals surface area contributed by atoms with Crippen LogP contribution in [-0.4, -0.2) is 39.5 Å². The molecule has 1 aromatic carbocycles. The van der Waals surface area contributed by atoms with Crippen LogP contribution in [0.3, 0.4) is 0 Å². The van der Waals surface area contributed by atoms with Gasteiger partial charge in [0.25, 0.3) is 0 Å². The number of anilines is 1. The molecule has 0 fully saturated rings. The number of aryl methyl sites for hydroxylation is 2. The van der Waals surface area contributed by atoms with Gasteiger partial charge in [-0.1, -0.05) is 29.8 Å². The highest BCUT2D eigenvalue weighted by Crippen LogP contribution is 2.40. The van der Waals surface area contributed by atoms with E-state index in [1.807, 2.05) is 0 Å². The molecule has 0 radical (unpaired) electrons. The summed E-state index contributed by atoms with van der Waals surface area (Å²) in [5.41, 5.74) is 3.38. The van der Waals surface area contributed by atoms with Gasteiger partial charge in [0.15, 0.2) is 0 Å². The molecule has 1 atom stereocenters. The Kier molecular flexibility index (Phi) is 5.89. The lowest BCUT2D eigenvalue weighted by atomic mass is 10.0. The fraction of sp³-hybridized carbons (Fsp3) is 0.300. The standard InChI is InChI=1S/C20H22N4O3S/c1-11-4-6-14(7-5-11)16-13(3)28-19-17(16)18(22-10-23-19)21-9-8-15(25)24-12(2)20(26)27/h4-7,10,12H,8-9H2,1-3H3,(H,24,25)(H,26,27)(H,21,22,23). The first-order valence-corrected chi connectivity index (χ1v) is 9.75. The molecule has 2 aromatic heterocycles. The molecule has 0 saturated carbocycles. The Labute approximate surface area is 166 Å². The summed E-state index contributed by atoms with van der Waals surface area (Å²) < 4.78 is 0. The fourth-order valence-corrected chi connectivity index (χ4v) is 3.93. The lowest BCUT2D eigenvalue weighted by Gasteiger charge is -2.11. The maximum Gasteiger partial charge on any atom is 0.325 e. The Morgan fingerprint density at radius 2 is 1.89 bits per heavy atom. The van der Waals surface area contributed by atoms with E-state index in [2.05, 4.69) is 58.7 Å². The molecule has 0 aliphatic rings. The summed E-state index contributed by atoms with van der Waals surface area (Å²) in [5, 5.41) is 15.4. The van der Waals surface area contributed by atoms with E-state index in [1.54, 1.807) is 11.3 Å². The number of carbonyl (C=O) groups excluding carboxylic acids is 1. The van der Waals surface area contributed by atoms with Gasteiger partial charge in [-0.15, -0.1) is 11.3 Å². The van der Waals surface area contributed by atoms with Crippen molar-refractivity contribution < 1.29 is 14.7 Å². The minimum absolute atomic E-state index is 0.145. The van der Waals surface area contributed by atoms with Crippen LogP contribution in [0.4, 0.5) is 5.82 Å². The number of nitrogens with zero attached hydrogens (tertiary/aromatic N) is 2. The molecule has 0 aliphatic heterocycles. The van der Waals surface area contributed by atoms with Crippen LogP contribution in [0.1, 0.15) is 23.8 Å². The zero-order valence-corrected chi connectivity index (χ0v) is 16.8. The van der Waals surface area contributed by atoms with Gasteiger partial charge in [0.2, 0.25) is 5.91 Å². The molecule has 146 valence electrons. The van der Waals surface area contributed by atoms with Crippen LogP contribution < -0.4 is 10.6 Å². The number of carbonyl (C=O) groups is 2. The van der Waals surface area contributed by atoms with Gasteiger partial charge >= 0.3 is 5.97 Å². The van der Waals surface area contributed by atoms with Gasteiger partial charge in [0.05, 0.1) is 5.39 Å². The molecule has 2 heterocycles. The average molecular weight is 398 g/mol. The summed E-state index contributed by atoms with van der Waals surface area (Å²) >= 11 is 1.61. The van der Waals surface area contributed by atoms with Gasteiger partial charge in [-0.3, -0.25) is 9.59 Å². The van der Waals surface area contributed by atoms with Crippen molar-refractivity contribution in [1.29, 1.82) is 0 Å². The van der Waals surface area contributed by atoms with E-state index in [-0.39, 0.29) is 12.3 Å². The second-order valence-electron chi connectivity index (χ2n) is 6.61. The first kappa shape index (κ1) is 19.8. The second-order valence-corrected chi connectivity index (χ2v) is 7.81. The van der Waals surface area contributed by atoms with E-state index in [1.165, 1.54) is 18.8 Å². The molecule has 3 rings (SSSR count). The lowest BCUT2D eigenvalue weighted by Crippen LogP contribution is -2.38. The van der Waals surface area contributed by atoms with Gasteiger partial charge in [-0.05, 0) is 26.3 Å². The molecule has 1 amide bonds. The van der Waals surface area contributed by atoms with Crippen LogP contribution in [0, 0.1) is 13.8 Å². The third-order valence-electron chi connectivity index (χ3n) is 4.40. The summed E-state index contributed by atoms with van der Waals surface area (Å²) in [7, 11) is 0. The first-order valence-electron chi connectivity index (χ1n) is 8.94. The minimum Gasteiger partial charge on any atom is -0.480 e. The number of carboxylic acids is 1. The monoisotopic (exact) mass is 398 g/mol. The van der Waals surface area contributed by atoms with Crippen molar-refractivity contribution in [3.05, 3.63) is 41.0 Å². The lowest BCUT2D eigenvalue weighted by molar-refractivity contribution is -0.141. The van der Waals surface area contributed by atoms with E-state index >= 15 is 0 Å². The van der Waals surface area contributed by atoms with Crippen molar-refractivity contribution in [3.63, 3.8) is 0 Å². The van der Waals surface area contributed by atoms with Crippen LogP contribution in [0.25, 0.3) is 21.3 Å². The Balaban J connectivity index is 1.81. The van der Waals surface area contributed by atoms with Gasteiger partial charge in [-0.2, -0.15) is 0 Å². The van der Waals surface area contributed by atoms with Crippen molar-refractivity contribution in [2.24, 2.45) is 0 Å². The molecule has 0 saturated heterocycles. The molecule has 1 unspecified atom stereocenters. The van der Waals surface area contributed by atoms with E-state index < -0.39 is 12.0 Å². The summed E-state index contributed by atoms with van der Waals surface area (Å²) in [5.74, 6) is -0.715. The number of benzene rings is 1. The molecular formula is C20H22N4O3S. The highest BCUT2D eigenvalue weighted by molar-refractivity contribution is 7.19. The number of amides is 1. The molecule has 8 heteroatoms. The molecule has 0 aliphatic carbocycles. The zero-order chi connectivity index (χ0) is 20.3. The number of aromatic nitrogens is 2. The Morgan fingerprint density at radius 1 is 1.18 bits per heavy atom. The second kappa shape index (κ2) is 8.35. The van der Waals surface area contributed by atoms with Crippen molar-refractivity contribution in [1.82, 2.24) is 15.3 Å². The first-order chi connectivity index (χ1) is 13.4. The predicted octanol–water partition coefficient (Wildman–Crippen LogP) is 3.37. The Bertz CT molecular complexity index is 1010. The van der Waals surface area contributed by atoms with Gasteiger partial charge in [0.1, 0.15) is 23.0 Å². The van der Waals surface area contributed by atoms with E-state index in [0.29, 0.717) is 12.4 Å². The van der Waals surface area contributed by atoms with Crippen LogP contribution in [-0.2, 0) is 9.59 Å². The topological polar surface area (TPSA) is 104 Å². The normalized spacial score (nSPS) is 12.0. The number of aliphatic carboxylic acids is 1. The van der Waals surface area contributed by atoms with Crippen molar-refractivity contribution in [3.8, 4) is 11.1 Å². The van der Waals surface area contributed by atoms with Gasteiger partial charge < -0.3 is 15.7 Å². The zero-order valence-electron chi connectivity index (χ0n) is 15.9. The number of fused-ring (bicyclic) bond motifs is 1. The van der Waals surface area contributed by atoms with Gasteiger partial charge in [0, 0.05) is 23.4 Å². The maximum absolute atomic E-state index is 11.9. The number of carboxylic acid groups (broad SMARTS) is 1. The van der Waals surface area contributed by atoms with Crippen molar-refractivity contribution in [2.75, 3.05) is 11.9 Å².